The van der Waals surface area contributed by atoms with E-state index < -0.39 is 8.32 Å². The quantitative estimate of drug-likeness (QED) is 0.210. The predicted molar refractivity (Wildman–Crippen MR) is 121 cm³/mol. The highest BCUT2D eigenvalue weighted by Crippen LogP contribution is 2.18. The molecule has 0 aliphatic heterocycles. The van der Waals surface area contributed by atoms with Gasteiger partial charge in [-0.1, -0.05) is 88.8 Å². The maximum atomic E-state index is 6.38. The number of benzene rings is 1. The molecule has 0 N–H and O–H groups in total. The molecule has 27 heavy (non-hydrogen) atoms. The molecule has 0 radical (unpaired) electrons. The lowest BCUT2D eigenvalue weighted by Crippen LogP contribution is -2.35. The van der Waals surface area contributed by atoms with Crippen molar-refractivity contribution in [3.63, 3.8) is 0 Å². The summed E-state index contributed by atoms with van der Waals surface area (Å²) in [7, 11) is -1.54. The van der Waals surface area contributed by atoms with Crippen molar-refractivity contribution >= 4 is 8.32 Å². The number of ether oxygens (including phenoxy) is 1. The highest BCUT2D eigenvalue weighted by Gasteiger charge is 2.21. The van der Waals surface area contributed by atoms with Crippen molar-refractivity contribution in [2.24, 2.45) is 0 Å². The van der Waals surface area contributed by atoms with Gasteiger partial charge in [-0.3, -0.25) is 0 Å². The number of hydrogen-bond donors (Lipinski definition) is 0. The van der Waals surface area contributed by atoms with E-state index in [1.807, 2.05) is 0 Å². The molecule has 0 aromatic heterocycles. The molecule has 1 aromatic carbocycles. The molecule has 0 heterocycles. The Hall–Kier alpha value is -0.803. The van der Waals surface area contributed by atoms with E-state index in [0.29, 0.717) is 6.61 Å². The van der Waals surface area contributed by atoms with Crippen molar-refractivity contribution in [1.29, 1.82) is 0 Å². The third kappa shape index (κ3) is 13.9. The predicted octanol–water partition coefficient (Wildman–Crippen LogP) is 7.90. The van der Waals surface area contributed by atoms with Gasteiger partial charge in [0.15, 0.2) is 8.32 Å². The number of hydrogen-bond acceptors (Lipinski definition) is 2. The Balaban J connectivity index is 2.20. The summed E-state index contributed by atoms with van der Waals surface area (Å²) in [5.74, 6) is 0.952. The molecule has 0 amide bonds. The van der Waals surface area contributed by atoms with Gasteiger partial charge in [-0.15, -0.1) is 0 Å². The molecule has 1 atom stereocenters. The maximum Gasteiger partial charge on any atom is 0.184 e. The topological polar surface area (TPSA) is 18.5 Å². The molecular formula is C24H44O2Si. The van der Waals surface area contributed by atoms with Crippen molar-refractivity contribution < 1.29 is 9.16 Å². The molecule has 0 saturated heterocycles. The SMILES string of the molecule is CCCCCCCCCCCCC(COc1ccc(C)cc1)O[Si](C)(C)C. The van der Waals surface area contributed by atoms with Crippen LogP contribution < -0.4 is 4.74 Å². The van der Waals surface area contributed by atoms with Gasteiger partial charge in [0.1, 0.15) is 12.4 Å². The van der Waals surface area contributed by atoms with Crippen LogP contribution in [0.5, 0.6) is 5.75 Å². The molecule has 0 fully saturated rings. The Bertz CT molecular complexity index is 464. The van der Waals surface area contributed by atoms with E-state index in [9.17, 15) is 0 Å². The van der Waals surface area contributed by atoms with Crippen LogP contribution in [-0.4, -0.2) is 21.0 Å². The van der Waals surface area contributed by atoms with Crippen LogP contribution in [-0.2, 0) is 4.43 Å². The van der Waals surface area contributed by atoms with E-state index in [1.54, 1.807) is 0 Å². The maximum absolute atomic E-state index is 6.38. The zero-order valence-corrected chi connectivity index (χ0v) is 19.7. The van der Waals surface area contributed by atoms with Crippen LogP contribution in [0.25, 0.3) is 0 Å². The summed E-state index contributed by atoms with van der Waals surface area (Å²) in [6.07, 6.45) is 15.1. The minimum atomic E-state index is -1.54. The van der Waals surface area contributed by atoms with E-state index in [-0.39, 0.29) is 6.10 Å². The first-order chi connectivity index (χ1) is 12.9. The zero-order valence-electron chi connectivity index (χ0n) is 18.7. The van der Waals surface area contributed by atoms with Crippen molar-refractivity contribution in [2.75, 3.05) is 6.61 Å². The Morgan fingerprint density at radius 2 is 1.30 bits per heavy atom. The standard InChI is InChI=1S/C24H44O2Si/c1-6-7-8-9-10-11-12-13-14-15-16-24(26-27(3,4)5)21-25-23-19-17-22(2)18-20-23/h17-20,24H,6-16,21H2,1-5H3. The van der Waals surface area contributed by atoms with Crippen LogP contribution in [0, 0.1) is 6.92 Å². The van der Waals surface area contributed by atoms with Crippen molar-refractivity contribution in [1.82, 2.24) is 0 Å². The summed E-state index contributed by atoms with van der Waals surface area (Å²) in [6, 6.07) is 8.32. The average Bonchev–Trinajstić information content (AvgIpc) is 2.61. The Morgan fingerprint density at radius 1 is 0.778 bits per heavy atom. The monoisotopic (exact) mass is 392 g/mol. The second-order valence-electron chi connectivity index (χ2n) is 8.95. The summed E-state index contributed by atoms with van der Waals surface area (Å²) in [6.45, 7) is 11.9. The molecule has 0 bridgehead atoms. The lowest BCUT2D eigenvalue weighted by atomic mass is 10.0. The molecule has 0 saturated carbocycles. The van der Waals surface area contributed by atoms with E-state index in [1.165, 1.54) is 69.8 Å². The lowest BCUT2D eigenvalue weighted by Gasteiger charge is -2.26. The third-order valence-corrected chi connectivity index (χ3v) is 5.90. The van der Waals surface area contributed by atoms with Crippen LogP contribution in [0.15, 0.2) is 24.3 Å². The first-order valence-corrected chi connectivity index (χ1v) is 14.7. The summed E-state index contributed by atoms with van der Waals surface area (Å²) in [5.41, 5.74) is 1.27. The Labute approximate surface area is 170 Å². The molecule has 0 aliphatic carbocycles. The fraction of sp³-hybridized carbons (Fsp3) is 0.750. The van der Waals surface area contributed by atoms with E-state index in [0.717, 1.165) is 12.2 Å². The first kappa shape index (κ1) is 24.2. The van der Waals surface area contributed by atoms with E-state index >= 15 is 0 Å². The second-order valence-corrected chi connectivity index (χ2v) is 13.4. The van der Waals surface area contributed by atoms with Gasteiger partial charge >= 0.3 is 0 Å². The molecule has 156 valence electrons. The van der Waals surface area contributed by atoms with Gasteiger partial charge in [-0.2, -0.15) is 0 Å². The summed E-state index contributed by atoms with van der Waals surface area (Å²) in [5, 5.41) is 0. The van der Waals surface area contributed by atoms with E-state index in [4.69, 9.17) is 9.16 Å². The smallest absolute Gasteiger partial charge is 0.184 e. The fourth-order valence-electron chi connectivity index (χ4n) is 3.36. The highest BCUT2D eigenvalue weighted by atomic mass is 28.4. The second kappa shape index (κ2) is 14.2. The first-order valence-electron chi connectivity index (χ1n) is 11.3. The van der Waals surface area contributed by atoms with Gasteiger partial charge in [0.25, 0.3) is 0 Å². The number of aryl methyl sites for hydroxylation is 1. The molecule has 1 rings (SSSR count). The zero-order chi connectivity index (χ0) is 20.0. The normalized spacial score (nSPS) is 12.9. The van der Waals surface area contributed by atoms with Crippen molar-refractivity contribution in [3.05, 3.63) is 29.8 Å². The van der Waals surface area contributed by atoms with Gasteiger partial charge in [0, 0.05) is 0 Å². The van der Waals surface area contributed by atoms with Crippen molar-refractivity contribution in [3.8, 4) is 5.75 Å². The van der Waals surface area contributed by atoms with Crippen LogP contribution in [0.3, 0.4) is 0 Å². The largest absolute Gasteiger partial charge is 0.491 e. The van der Waals surface area contributed by atoms with E-state index in [2.05, 4.69) is 57.8 Å². The summed E-state index contributed by atoms with van der Waals surface area (Å²) in [4.78, 5) is 0. The fourth-order valence-corrected chi connectivity index (χ4v) is 4.55. The molecule has 1 unspecified atom stereocenters. The Kier molecular flexibility index (Phi) is 12.8. The van der Waals surface area contributed by atoms with Crippen LogP contribution in [0.2, 0.25) is 19.6 Å². The molecule has 2 nitrogen and oxygen atoms in total. The van der Waals surface area contributed by atoms with Gasteiger partial charge in [0.05, 0.1) is 6.10 Å². The van der Waals surface area contributed by atoms with Gasteiger partial charge < -0.3 is 9.16 Å². The lowest BCUT2D eigenvalue weighted by molar-refractivity contribution is 0.112. The Morgan fingerprint density at radius 3 is 1.81 bits per heavy atom. The minimum absolute atomic E-state index is 0.229. The van der Waals surface area contributed by atoms with Crippen LogP contribution >= 0.6 is 0 Å². The molecular weight excluding hydrogens is 348 g/mol. The van der Waals surface area contributed by atoms with Crippen molar-refractivity contribution in [2.45, 2.75) is 110 Å². The third-order valence-electron chi connectivity index (χ3n) is 4.86. The molecule has 1 aromatic rings. The van der Waals surface area contributed by atoms with Gasteiger partial charge in [-0.25, -0.2) is 0 Å². The highest BCUT2D eigenvalue weighted by molar-refractivity contribution is 6.69. The minimum Gasteiger partial charge on any atom is -0.491 e. The number of rotatable bonds is 16. The molecule has 0 spiro atoms. The molecule has 3 heteroatoms. The summed E-state index contributed by atoms with van der Waals surface area (Å²) < 4.78 is 12.4. The molecule has 0 aliphatic rings. The van der Waals surface area contributed by atoms with Gasteiger partial charge in [0.2, 0.25) is 0 Å². The number of unbranched alkanes of at least 4 members (excludes halogenated alkanes) is 9. The van der Waals surface area contributed by atoms with Crippen LogP contribution in [0.4, 0.5) is 0 Å². The van der Waals surface area contributed by atoms with Gasteiger partial charge in [-0.05, 0) is 45.1 Å². The van der Waals surface area contributed by atoms with Crippen LogP contribution in [0.1, 0.15) is 83.1 Å². The summed E-state index contributed by atoms with van der Waals surface area (Å²) >= 11 is 0. The average molecular weight is 393 g/mol.